The molecule has 0 aromatic heterocycles. The molecule has 0 bridgehead atoms. The summed E-state index contributed by atoms with van der Waals surface area (Å²) >= 11 is 0. The Hall–Kier alpha value is -1.09. The van der Waals surface area contributed by atoms with Crippen molar-refractivity contribution in [3.8, 4) is 0 Å². The molecule has 2 aromatic carbocycles. The summed E-state index contributed by atoms with van der Waals surface area (Å²) in [6, 6.07) is 13.7. The van der Waals surface area contributed by atoms with E-state index in [1.807, 2.05) is 42.5 Å². The minimum atomic E-state index is -0.291. The fourth-order valence-corrected chi connectivity index (χ4v) is 1.67. The van der Waals surface area contributed by atoms with Crippen LogP contribution in [-0.2, 0) is 0 Å². The molecule has 0 spiro atoms. The predicted octanol–water partition coefficient (Wildman–Crippen LogP) is 2.25. The Balaban J connectivity index is 0.00000112. The minimum Gasteiger partial charge on any atom is -0.394 e. The van der Waals surface area contributed by atoms with E-state index in [9.17, 15) is 0 Å². The van der Waals surface area contributed by atoms with Gasteiger partial charge < -0.3 is 10.8 Å². The highest BCUT2D eigenvalue weighted by atomic mass is 35.5. The molecule has 0 fully saturated rings. The van der Waals surface area contributed by atoms with Gasteiger partial charge in [0.05, 0.1) is 12.6 Å². The van der Waals surface area contributed by atoms with E-state index in [-0.39, 0.29) is 25.1 Å². The Labute approximate surface area is 95.1 Å². The van der Waals surface area contributed by atoms with Crippen molar-refractivity contribution in [3.63, 3.8) is 0 Å². The van der Waals surface area contributed by atoms with Gasteiger partial charge in [-0.2, -0.15) is 0 Å². The highest BCUT2D eigenvalue weighted by Crippen LogP contribution is 2.22. The number of hydrogen-bond acceptors (Lipinski definition) is 2. The molecule has 0 aliphatic heterocycles. The number of benzene rings is 2. The van der Waals surface area contributed by atoms with Crippen LogP contribution in [0.3, 0.4) is 0 Å². The summed E-state index contributed by atoms with van der Waals surface area (Å²) in [7, 11) is 0. The van der Waals surface area contributed by atoms with Crippen molar-refractivity contribution in [2.24, 2.45) is 5.73 Å². The zero-order valence-corrected chi connectivity index (χ0v) is 9.08. The van der Waals surface area contributed by atoms with E-state index in [1.54, 1.807) is 0 Å². The van der Waals surface area contributed by atoms with Gasteiger partial charge in [-0.05, 0) is 16.3 Å². The number of aliphatic hydroxyl groups excluding tert-OH is 1. The summed E-state index contributed by atoms with van der Waals surface area (Å²) in [4.78, 5) is 0. The fraction of sp³-hybridized carbons (Fsp3) is 0.167. The summed E-state index contributed by atoms with van der Waals surface area (Å²) < 4.78 is 0. The number of aliphatic hydroxyl groups is 1. The SMILES string of the molecule is Cl.N[C@@H](CO)c1cccc2ccccc12. The Morgan fingerprint density at radius 2 is 1.73 bits per heavy atom. The van der Waals surface area contributed by atoms with E-state index in [0.717, 1.165) is 16.3 Å². The second kappa shape index (κ2) is 5.12. The Kier molecular flexibility index (Phi) is 4.09. The van der Waals surface area contributed by atoms with Crippen LogP contribution in [0.5, 0.6) is 0 Å². The van der Waals surface area contributed by atoms with Crippen molar-refractivity contribution < 1.29 is 5.11 Å². The highest BCUT2D eigenvalue weighted by Gasteiger charge is 2.07. The number of fused-ring (bicyclic) bond motifs is 1. The van der Waals surface area contributed by atoms with Crippen LogP contribution in [0.15, 0.2) is 42.5 Å². The van der Waals surface area contributed by atoms with Gasteiger partial charge in [0.25, 0.3) is 0 Å². The molecule has 2 rings (SSSR count). The van der Waals surface area contributed by atoms with E-state index in [1.165, 1.54) is 0 Å². The number of halogens is 1. The maximum absolute atomic E-state index is 9.02. The molecule has 0 amide bonds. The zero-order chi connectivity index (χ0) is 9.97. The van der Waals surface area contributed by atoms with Crippen LogP contribution in [-0.4, -0.2) is 11.7 Å². The average molecular weight is 224 g/mol. The number of nitrogens with two attached hydrogens (primary N) is 1. The maximum atomic E-state index is 9.02. The first kappa shape index (κ1) is 12.0. The Morgan fingerprint density at radius 3 is 2.47 bits per heavy atom. The zero-order valence-electron chi connectivity index (χ0n) is 8.26. The van der Waals surface area contributed by atoms with E-state index in [4.69, 9.17) is 10.8 Å². The van der Waals surface area contributed by atoms with Gasteiger partial charge in [-0.1, -0.05) is 42.5 Å². The first-order chi connectivity index (χ1) is 6.83. The molecule has 15 heavy (non-hydrogen) atoms. The van der Waals surface area contributed by atoms with Crippen LogP contribution in [0.4, 0.5) is 0 Å². The van der Waals surface area contributed by atoms with Crippen molar-refractivity contribution in [1.82, 2.24) is 0 Å². The smallest absolute Gasteiger partial charge is 0.0624 e. The third-order valence-electron chi connectivity index (χ3n) is 2.42. The Morgan fingerprint density at radius 1 is 1.07 bits per heavy atom. The summed E-state index contributed by atoms with van der Waals surface area (Å²) in [6.45, 7) is -0.0198. The maximum Gasteiger partial charge on any atom is 0.0624 e. The lowest BCUT2D eigenvalue weighted by Crippen LogP contribution is -2.14. The van der Waals surface area contributed by atoms with Gasteiger partial charge in [-0.25, -0.2) is 0 Å². The van der Waals surface area contributed by atoms with Crippen LogP contribution in [0.2, 0.25) is 0 Å². The fourth-order valence-electron chi connectivity index (χ4n) is 1.67. The summed E-state index contributed by atoms with van der Waals surface area (Å²) in [5, 5.41) is 11.3. The molecule has 0 aliphatic carbocycles. The average Bonchev–Trinajstić information content (AvgIpc) is 2.27. The van der Waals surface area contributed by atoms with E-state index in [2.05, 4.69) is 0 Å². The quantitative estimate of drug-likeness (QED) is 0.821. The van der Waals surface area contributed by atoms with E-state index < -0.39 is 0 Å². The van der Waals surface area contributed by atoms with Gasteiger partial charge in [0.15, 0.2) is 0 Å². The van der Waals surface area contributed by atoms with Crippen LogP contribution in [0.25, 0.3) is 10.8 Å². The van der Waals surface area contributed by atoms with Crippen LogP contribution < -0.4 is 5.73 Å². The van der Waals surface area contributed by atoms with Crippen molar-refractivity contribution in [1.29, 1.82) is 0 Å². The molecule has 3 N–H and O–H groups in total. The highest BCUT2D eigenvalue weighted by molar-refractivity contribution is 5.86. The molecule has 0 unspecified atom stereocenters. The predicted molar refractivity (Wildman–Crippen MR) is 65.2 cm³/mol. The third kappa shape index (κ3) is 2.29. The summed E-state index contributed by atoms with van der Waals surface area (Å²) in [6.07, 6.45) is 0. The first-order valence-corrected chi connectivity index (χ1v) is 4.67. The van der Waals surface area contributed by atoms with Gasteiger partial charge in [0, 0.05) is 0 Å². The van der Waals surface area contributed by atoms with Crippen molar-refractivity contribution in [2.75, 3.05) is 6.61 Å². The van der Waals surface area contributed by atoms with Gasteiger partial charge in [-0.3, -0.25) is 0 Å². The van der Waals surface area contributed by atoms with Crippen LogP contribution in [0, 0.1) is 0 Å². The third-order valence-corrected chi connectivity index (χ3v) is 2.42. The van der Waals surface area contributed by atoms with Crippen molar-refractivity contribution in [2.45, 2.75) is 6.04 Å². The summed E-state index contributed by atoms with van der Waals surface area (Å²) in [5.74, 6) is 0. The van der Waals surface area contributed by atoms with Crippen molar-refractivity contribution >= 4 is 23.2 Å². The molecule has 0 saturated heterocycles. The number of hydrogen-bond donors (Lipinski definition) is 2. The molecule has 2 nitrogen and oxygen atoms in total. The lowest BCUT2D eigenvalue weighted by atomic mass is 10.00. The second-order valence-electron chi connectivity index (χ2n) is 3.36. The standard InChI is InChI=1S/C12H13NO.ClH/c13-12(8-14)11-7-3-5-9-4-1-2-6-10(9)11;/h1-7,12,14H,8,13H2;1H/t12-;/m0./s1. The normalized spacial score (nSPS) is 12.1. The van der Waals surface area contributed by atoms with E-state index in [0.29, 0.717) is 0 Å². The second-order valence-corrected chi connectivity index (χ2v) is 3.36. The molecule has 80 valence electrons. The molecule has 0 heterocycles. The lowest BCUT2D eigenvalue weighted by Gasteiger charge is -2.11. The van der Waals surface area contributed by atoms with Crippen LogP contribution in [0.1, 0.15) is 11.6 Å². The topological polar surface area (TPSA) is 46.2 Å². The van der Waals surface area contributed by atoms with Gasteiger partial charge in [-0.15, -0.1) is 12.4 Å². The van der Waals surface area contributed by atoms with Crippen LogP contribution >= 0.6 is 12.4 Å². The molecule has 0 saturated carbocycles. The molecular formula is C12H14ClNO. The van der Waals surface area contributed by atoms with E-state index >= 15 is 0 Å². The molecule has 1 atom stereocenters. The molecule has 0 aliphatic rings. The first-order valence-electron chi connectivity index (χ1n) is 4.67. The summed E-state index contributed by atoms with van der Waals surface area (Å²) in [5.41, 5.74) is 6.82. The molecule has 0 radical (unpaired) electrons. The monoisotopic (exact) mass is 223 g/mol. The van der Waals surface area contributed by atoms with Gasteiger partial charge in [0.1, 0.15) is 0 Å². The lowest BCUT2D eigenvalue weighted by molar-refractivity contribution is 0.268. The minimum absolute atomic E-state index is 0. The van der Waals surface area contributed by atoms with Gasteiger partial charge in [0.2, 0.25) is 0 Å². The molecule has 2 aromatic rings. The molecular weight excluding hydrogens is 210 g/mol. The Bertz CT molecular complexity index is 439. The van der Waals surface area contributed by atoms with Gasteiger partial charge >= 0.3 is 0 Å². The number of rotatable bonds is 2. The largest absolute Gasteiger partial charge is 0.394 e. The molecule has 3 heteroatoms. The van der Waals surface area contributed by atoms with Crippen molar-refractivity contribution in [3.05, 3.63) is 48.0 Å².